The zero-order valence-corrected chi connectivity index (χ0v) is 8.88. The Labute approximate surface area is 99.6 Å². The van der Waals surface area contributed by atoms with Crippen molar-refractivity contribution in [2.24, 2.45) is 0 Å². The fourth-order valence-electron chi connectivity index (χ4n) is 1.34. The first-order valence-electron chi connectivity index (χ1n) is 4.85. The van der Waals surface area contributed by atoms with Gasteiger partial charge in [-0.05, 0) is 12.1 Å². The van der Waals surface area contributed by atoms with E-state index in [1.54, 1.807) is 0 Å². The van der Waals surface area contributed by atoms with Crippen molar-refractivity contribution >= 4 is 5.69 Å². The molecule has 0 radical (unpaired) electrons. The van der Waals surface area contributed by atoms with Gasteiger partial charge in [-0.25, -0.2) is 17.6 Å². The average Bonchev–Trinajstić information content (AvgIpc) is 2.28. The number of nitrogen functional groups attached to an aromatic ring is 1. The molecule has 2 aromatic carbocycles. The van der Waals surface area contributed by atoms with Crippen LogP contribution in [0.4, 0.5) is 23.2 Å². The standard InChI is InChI=1S/C12H7F4NO/c13-8-2-1-7(5-9(8)14)18-12-10(15)3-6(17)4-11(12)16/h1-5H,17H2. The molecule has 0 fully saturated rings. The summed E-state index contributed by atoms with van der Waals surface area (Å²) in [5, 5.41) is 0. The first-order chi connectivity index (χ1) is 8.47. The molecule has 0 saturated carbocycles. The van der Waals surface area contributed by atoms with Gasteiger partial charge in [0.15, 0.2) is 29.0 Å². The number of hydrogen-bond acceptors (Lipinski definition) is 2. The Hall–Kier alpha value is -2.24. The summed E-state index contributed by atoms with van der Waals surface area (Å²) in [6.45, 7) is 0. The Morgan fingerprint density at radius 2 is 1.39 bits per heavy atom. The highest BCUT2D eigenvalue weighted by Crippen LogP contribution is 2.29. The fourth-order valence-corrected chi connectivity index (χ4v) is 1.34. The maximum absolute atomic E-state index is 13.4. The lowest BCUT2D eigenvalue weighted by Gasteiger charge is -2.08. The summed E-state index contributed by atoms with van der Waals surface area (Å²) in [6, 6.07) is 4.24. The summed E-state index contributed by atoms with van der Waals surface area (Å²) in [7, 11) is 0. The van der Waals surface area contributed by atoms with Crippen molar-refractivity contribution in [1.82, 2.24) is 0 Å². The van der Waals surface area contributed by atoms with E-state index in [2.05, 4.69) is 0 Å². The van der Waals surface area contributed by atoms with E-state index < -0.39 is 29.0 Å². The molecule has 94 valence electrons. The fraction of sp³-hybridized carbons (Fsp3) is 0. The van der Waals surface area contributed by atoms with Gasteiger partial charge in [0.2, 0.25) is 0 Å². The van der Waals surface area contributed by atoms with E-state index in [0.29, 0.717) is 6.07 Å². The van der Waals surface area contributed by atoms with Crippen molar-refractivity contribution < 1.29 is 22.3 Å². The van der Waals surface area contributed by atoms with Crippen molar-refractivity contribution in [3.63, 3.8) is 0 Å². The highest BCUT2D eigenvalue weighted by molar-refractivity contribution is 5.45. The van der Waals surface area contributed by atoms with Gasteiger partial charge in [0.25, 0.3) is 0 Å². The van der Waals surface area contributed by atoms with Crippen LogP contribution < -0.4 is 10.5 Å². The minimum Gasteiger partial charge on any atom is -0.451 e. The number of hydrogen-bond donors (Lipinski definition) is 1. The second-order valence-corrected chi connectivity index (χ2v) is 3.49. The van der Waals surface area contributed by atoms with Crippen LogP contribution in [0.1, 0.15) is 0 Å². The van der Waals surface area contributed by atoms with Gasteiger partial charge in [-0.15, -0.1) is 0 Å². The van der Waals surface area contributed by atoms with Gasteiger partial charge in [0.1, 0.15) is 5.75 Å². The van der Waals surface area contributed by atoms with Crippen molar-refractivity contribution in [3.05, 3.63) is 53.6 Å². The number of anilines is 1. The van der Waals surface area contributed by atoms with Crippen LogP contribution in [0.25, 0.3) is 0 Å². The van der Waals surface area contributed by atoms with Crippen LogP contribution in [0.5, 0.6) is 11.5 Å². The summed E-state index contributed by atoms with van der Waals surface area (Å²) < 4.78 is 57.1. The topological polar surface area (TPSA) is 35.2 Å². The van der Waals surface area contributed by atoms with E-state index in [1.807, 2.05) is 0 Å². The normalized spacial score (nSPS) is 10.4. The van der Waals surface area contributed by atoms with Crippen LogP contribution in [-0.4, -0.2) is 0 Å². The molecule has 0 saturated heterocycles. The van der Waals surface area contributed by atoms with Crippen LogP contribution in [0.3, 0.4) is 0 Å². The number of rotatable bonds is 2. The van der Waals surface area contributed by atoms with Gasteiger partial charge in [-0.1, -0.05) is 0 Å². The van der Waals surface area contributed by atoms with Gasteiger partial charge in [0.05, 0.1) is 0 Å². The molecule has 0 aliphatic rings. The van der Waals surface area contributed by atoms with Crippen LogP contribution in [-0.2, 0) is 0 Å². The molecule has 2 nitrogen and oxygen atoms in total. The Balaban J connectivity index is 2.37. The van der Waals surface area contributed by atoms with Crippen molar-refractivity contribution in [3.8, 4) is 11.5 Å². The highest BCUT2D eigenvalue weighted by atomic mass is 19.2. The molecule has 0 aliphatic carbocycles. The SMILES string of the molecule is Nc1cc(F)c(Oc2ccc(F)c(F)c2)c(F)c1. The molecular weight excluding hydrogens is 250 g/mol. The Morgan fingerprint density at radius 3 is 1.94 bits per heavy atom. The molecule has 18 heavy (non-hydrogen) atoms. The van der Waals surface area contributed by atoms with Crippen molar-refractivity contribution in [1.29, 1.82) is 0 Å². The molecular formula is C12H7F4NO. The molecule has 2 rings (SSSR count). The van der Waals surface area contributed by atoms with Gasteiger partial charge in [-0.3, -0.25) is 0 Å². The predicted molar refractivity (Wildman–Crippen MR) is 57.2 cm³/mol. The van der Waals surface area contributed by atoms with Crippen LogP contribution in [0.2, 0.25) is 0 Å². The molecule has 0 spiro atoms. The molecule has 0 heterocycles. The van der Waals surface area contributed by atoms with E-state index in [0.717, 1.165) is 24.3 Å². The lowest BCUT2D eigenvalue weighted by Crippen LogP contribution is -1.96. The molecule has 0 atom stereocenters. The van der Waals surface area contributed by atoms with Crippen molar-refractivity contribution in [2.45, 2.75) is 0 Å². The van der Waals surface area contributed by atoms with Crippen LogP contribution in [0, 0.1) is 23.3 Å². The Kier molecular flexibility index (Phi) is 3.10. The molecule has 6 heteroatoms. The summed E-state index contributed by atoms with van der Waals surface area (Å²) in [6.07, 6.45) is 0. The number of ether oxygens (including phenoxy) is 1. The minimum atomic E-state index is -1.18. The molecule has 0 aromatic heterocycles. The molecule has 2 aromatic rings. The summed E-state index contributed by atoms with van der Waals surface area (Å²) in [4.78, 5) is 0. The second-order valence-electron chi connectivity index (χ2n) is 3.49. The van der Waals surface area contributed by atoms with E-state index in [-0.39, 0.29) is 11.4 Å². The first kappa shape index (κ1) is 12.2. The lowest BCUT2D eigenvalue weighted by molar-refractivity contribution is 0.402. The monoisotopic (exact) mass is 257 g/mol. The quantitative estimate of drug-likeness (QED) is 0.658. The smallest absolute Gasteiger partial charge is 0.198 e. The zero-order chi connectivity index (χ0) is 13.3. The molecule has 2 N–H and O–H groups in total. The minimum absolute atomic E-state index is 0.109. The number of halogens is 4. The van der Waals surface area contributed by atoms with Gasteiger partial charge >= 0.3 is 0 Å². The Bertz CT molecular complexity index is 578. The van der Waals surface area contributed by atoms with E-state index in [9.17, 15) is 17.6 Å². The summed E-state index contributed by atoms with van der Waals surface area (Å²) in [5.41, 5.74) is 5.11. The molecule has 0 bridgehead atoms. The maximum Gasteiger partial charge on any atom is 0.198 e. The molecule has 0 amide bonds. The summed E-state index contributed by atoms with van der Waals surface area (Å²) in [5.74, 6) is -5.27. The van der Waals surface area contributed by atoms with E-state index in [4.69, 9.17) is 10.5 Å². The molecule has 0 aliphatic heterocycles. The highest BCUT2D eigenvalue weighted by Gasteiger charge is 2.13. The number of nitrogens with two attached hydrogens (primary N) is 1. The van der Waals surface area contributed by atoms with Gasteiger partial charge in [0, 0.05) is 23.9 Å². The largest absolute Gasteiger partial charge is 0.451 e. The lowest BCUT2D eigenvalue weighted by atomic mass is 10.2. The van der Waals surface area contributed by atoms with E-state index >= 15 is 0 Å². The Morgan fingerprint density at radius 1 is 0.778 bits per heavy atom. The second kappa shape index (κ2) is 4.56. The van der Waals surface area contributed by atoms with Crippen LogP contribution in [0.15, 0.2) is 30.3 Å². The third-order valence-electron chi connectivity index (χ3n) is 2.13. The van der Waals surface area contributed by atoms with Crippen LogP contribution >= 0.6 is 0 Å². The zero-order valence-electron chi connectivity index (χ0n) is 8.88. The summed E-state index contributed by atoms with van der Waals surface area (Å²) >= 11 is 0. The van der Waals surface area contributed by atoms with Gasteiger partial charge < -0.3 is 10.5 Å². The average molecular weight is 257 g/mol. The first-order valence-corrected chi connectivity index (χ1v) is 4.85. The maximum atomic E-state index is 13.4. The third kappa shape index (κ3) is 2.37. The van der Waals surface area contributed by atoms with Crippen molar-refractivity contribution in [2.75, 3.05) is 5.73 Å². The van der Waals surface area contributed by atoms with E-state index in [1.165, 1.54) is 0 Å². The number of benzene rings is 2. The predicted octanol–water partition coefficient (Wildman–Crippen LogP) is 3.62. The third-order valence-corrected chi connectivity index (χ3v) is 2.13. The molecule has 0 unspecified atom stereocenters. The van der Waals surface area contributed by atoms with Gasteiger partial charge in [-0.2, -0.15) is 0 Å².